The minimum absolute atomic E-state index is 0.0467. The highest BCUT2D eigenvalue weighted by molar-refractivity contribution is 7.91. The monoisotopic (exact) mass is 252 g/mol. The first-order valence-electron chi connectivity index (χ1n) is 5.42. The van der Waals surface area contributed by atoms with Crippen LogP contribution in [0.5, 0.6) is 5.75 Å². The van der Waals surface area contributed by atoms with Gasteiger partial charge in [0.2, 0.25) is 0 Å². The van der Waals surface area contributed by atoms with E-state index in [1.807, 2.05) is 0 Å². The van der Waals surface area contributed by atoms with Crippen LogP contribution in [0.1, 0.15) is 18.2 Å². The van der Waals surface area contributed by atoms with Crippen LogP contribution in [0, 0.1) is 0 Å². The Bertz CT molecular complexity index is 675. The number of benzene rings is 1. The summed E-state index contributed by atoms with van der Waals surface area (Å²) in [4.78, 5) is 7.45. The number of fused-ring (bicyclic) bond motifs is 1. The van der Waals surface area contributed by atoms with Crippen LogP contribution in [0.3, 0.4) is 0 Å². The van der Waals surface area contributed by atoms with E-state index in [9.17, 15) is 13.5 Å². The van der Waals surface area contributed by atoms with Crippen molar-refractivity contribution in [2.75, 3.05) is 11.5 Å². The van der Waals surface area contributed by atoms with E-state index in [1.54, 1.807) is 18.2 Å². The summed E-state index contributed by atoms with van der Waals surface area (Å²) in [6.45, 7) is 0. The number of rotatable bonds is 1. The highest BCUT2D eigenvalue weighted by Crippen LogP contribution is 2.29. The van der Waals surface area contributed by atoms with Gasteiger partial charge in [-0.2, -0.15) is 0 Å². The molecule has 2 aromatic rings. The second-order valence-corrected chi connectivity index (χ2v) is 6.65. The first kappa shape index (κ1) is 10.6. The Morgan fingerprint density at radius 2 is 2.24 bits per heavy atom. The number of H-pyrrole nitrogens is 1. The standard InChI is InChI=1S/C11H12N2O3S/c14-8-1-2-9-10(5-8)13-11(12-9)7-3-4-17(15,16)6-7/h1-2,5,7,14H,3-4,6H2,(H,12,13). The van der Waals surface area contributed by atoms with Crippen molar-refractivity contribution < 1.29 is 13.5 Å². The van der Waals surface area contributed by atoms with Crippen molar-refractivity contribution in [3.63, 3.8) is 0 Å². The minimum Gasteiger partial charge on any atom is -0.508 e. The van der Waals surface area contributed by atoms with Gasteiger partial charge >= 0.3 is 0 Å². The molecule has 17 heavy (non-hydrogen) atoms. The van der Waals surface area contributed by atoms with Crippen molar-refractivity contribution in [3.8, 4) is 5.75 Å². The summed E-state index contributed by atoms with van der Waals surface area (Å²) in [5.41, 5.74) is 1.49. The quantitative estimate of drug-likeness (QED) is 0.798. The lowest BCUT2D eigenvalue weighted by molar-refractivity contribution is 0.476. The molecular weight excluding hydrogens is 240 g/mol. The molecule has 0 aliphatic carbocycles. The molecule has 1 unspecified atom stereocenters. The van der Waals surface area contributed by atoms with Crippen molar-refractivity contribution in [3.05, 3.63) is 24.0 Å². The maximum absolute atomic E-state index is 11.4. The molecule has 2 heterocycles. The SMILES string of the molecule is O=S1(=O)CCC(c2nc3ccc(O)cc3[nH]2)C1. The fourth-order valence-corrected chi connectivity index (χ4v) is 3.97. The van der Waals surface area contributed by atoms with Gasteiger partial charge in [-0.3, -0.25) is 0 Å². The van der Waals surface area contributed by atoms with Gasteiger partial charge in [-0.25, -0.2) is 13.4 Å². The Balaban J connectivity index is 2.02. The number of nitrogens with one attached hydrogen (secondary N) is 1. The summed E-state index contributed by atoms with van der Waals surface area (Å²) < 4.78 is 22.8. The average Bonchev–Trinajstić information content (AvgIpc) is 2.80. The van der Waals surface area contributed by atoms with Gasteiger partial charge in [0.15, 0.2) is 9.84 Å². The maximum atomic E-state index is 11.4. The molecule has 1 aliphatic heterocycles. The Labute approximate surface area is 98.4 Å². The Kier molecular flexibility index (Phi) is 2.16. The molecule has 6 heteroatoms. The van der Waals surface area contributed by atoms with Crippen molar-refractivity contribution in [1.29, 1.82) is 0 Å². The van der Waals surface area contributed by atoms with Gasteiger partial charge in [0, 0.05) is 12.0 Å². The molecule has 1 atom stereocenters. The highest BCUT2D eigenvalue weighted by Gasteiger charge is 2.30. The molecule has 3 rings (SSSR count). The van der Waals surface area contributed by atoms with Crippen LogP contribution in [-0.4, -0.2) is 35.0 Å². The molecule has 0 radical (unpaired) electrons. The van der Waals surface area contributed by atoms with Crippen molar-refractivity contribution >= 4 is 20.9 Å². The largest absolute Gasteiger partial charge is 0.508 e. The maximum Gasteiger partial charge on any atom is 0.151 e. The summed E-state index contributed by atoms with van der Waals surface area (Å²) in [7, 11) is -2.90. The topological polar surface area (TPSA) is 83.1 Å². The van der Waals surface area contributed by atoms with Gasteiger partial charge in [0.25, 0.3) is 0 Å². The fourth-order valence-electron chi connectivity index (χ4n) is 2.22. The van der Waals surface area contributed by atoms with Crippen LogP contribution in [0.15, 0.2) is 18.2 Å². The van der Waals surface area contributed by atoms with E-state index in [2.05, 4.69) is 9.97 Å². The molecule has 0 saturated carbocycles. The number of aromatic hydroxyl groups is 1. The van der Waals surface area contributed by atoms with Gasteiger partial charge in [-0.15, -0.1) is 0 Å². The first-order valence-corrected chi connectivity index (χ1v) is 7.25. The van der Waals surface area contributed by atoms with E-state index in [-0.39, 0.29) is 23.2 Å². The molecule has 2 N–H and O–H groups in total. The second kappa shape index (κ2) is 3.46. The van der Waals surface area contributed by atoms with Crippen LogP contribution >= 0.6 is 0 Å². The molecule has 1 aliphatic rings. The second-order valence-electron chi connectivity index (χ2n) is 4.42. The number of phenols is 1. The summed E-state index contributed by atoms with van der Waals surface area (Å²) in [6, 6.07) is 4.88. The number of hydrogen-bond acceptors (Lipinski definition) is 4. The minimum atomic E-state index is -2.90. The molecule has 1 aromatic carbocycles. The first-order chi connectivity index (χ1) is 8.03. The van der Waals surface area contributed by atoms with Crippen LogP contribution < -0.4 is 0 Å². The zero-order valence-corrected chi connectivity index (χ0v) is 9.87. The lowest BCUT2D eigenvalue weighted by Gasteiger charge is -2.01. The van der Waals surface area contributed by atoms with E-state index in [0.29, 0.717) is 12.2 Å². The molecule has 90 valence electrons. The van der Waals surface area contributed by atoms with E-state index in [4.69, 9.17) is 0 Å². The van der Waals surface area contributed by atoms with E-state index >= 15 is 0 Å². The summed E-state index contributed by atoms with van der Waals surface area (Å²) >= 11 is 0. The van der Waals surface area contributed by atoms with Crippen LogP contribution in [-0.2, 0) is 9.84 Å². The van der Waals surface area contributed by atoms with Gasteiger partial charge < -0.3 is 10.1 Å². The molecule has 1 fully saturated rings. The lowest BCUT2D eigenvalue weighted by Crippen LogP contribution is -2.04. The predicted molar refractivity (Wildman–Crippen MR) is 63.8 cm³/mol. The summed E-state index contributed by atoms with van der Waals surface area (Å²) in [5, 5.41) is 9.34. The normalized spacial score (nSPS) is 23.2. The fraction of sp³-hybridized carbons (Fsp3) is 0.364. The lowest BCUT2D eigenvalue weighted by atomic mass is 10.1. The van der Waals surface area contributed by atoms with Crippen LogP contribution in [0.4, 0.5) is 0 Å². The van der Waals surface area contributed by atoms with Crippen molar-refractivity contribution in [2.24, 2.45) is 0 Å². The van der Waals surface area contributed by atoms with Gasteiger partial charge in [0.1, 0.15) is 11.6 Å². The number of imidazole rings is 1. The zero-order valence-electron chi connectivity index (χ0n) is 9.05. The summed E-state index contributed by atoms with van der Waals surface area (Å²) in [5.74, 6) is 1.23. The van der Waals surface area contributed by atoms with E-state index in [1.165, 1.54) is 0 Å². The van der Waals surface area contributed by atoms with E-state index < -0.39 is 9.84 Å². The van der Waals surface area contributed by atoms with Gasteiger partial charge in [0.05, 0.1) is 22.5 Å². The third-order valence-electron chi connectivity index (χ3n) is 3.10. The third-order valence-corrected chi connectivity index (χ3v) is 4.87. The number of sulfone groups is 1. The predicted octanol–water partition coefficient (Wildman–Crippen LogP) is 1.17. The summed E-state index contributed by atoms with van der Waals surface area (Å²) in [6.07, 6.45) is 0.619. The Morgan fingerprint density at radius 3 is 2.94 bits per heavy atom. The van der Waals surface area contributed by atoms with Crippen LogP contribution in [0.2, 0.25) is 0 Å². The molecule has 5 nitrogen and oxygen atoms in total. The zero-order chi connectivity index (χ0) is 12.0. The number of aromatic nitrogens is 2. The molecule has 0 amide bonds. The number of aromatic amines is 1. The van der Waals surface area contributed by atoms with Crippen LogP contribution in [0.25, 0.3) is 11.0 Å². The van der Waals surface area contributed by atoms with Crippen molar-refractivity contribution in [2.45, 2.75) is 12.3 Å². The molecule has 0 spiro atoms. The van der Waals surface area contributed by atoms with E-state index in [0.717, 1.165) is 11.0 Å². The third kappa shape index (κ3) is 1.88. The smallest absolute Gasteiger partial charge is 0.151 e. The highest BCUT2D eigenvalue weighted by atomic mass is 32.2. The van der Waals surface area contributed by atoms with Crippen molar-refractivity contribution in [1.82, 2.24) is 9.97 Å². The molecule has 0 bridgehead atoms. The average molecular weight is 252 g/mol. The molecular formula is C11H12N2O3S. The number of hydrogen-bond donors (Lipinski definition) is 2. The van der Waals surface area contributed by atoms with Gasteiger partial charge in [-0.05, 0) is 18.6 Å². The molecule has 1 saturated heterocycles. The Hall–Kier alpha value is -1.56. The van der Waals surface area contributed by atoms with Gasteiger partial charge in [-0.1, -0.05) is 0 Å². The molecule has 1 aromatic heterocycles. The Morgan fingerprint density at radius 1 is 1.41 bits per heavy atom. The number of phenolic OH excluding ortho intramolecular Hbond substituents is 1. The number of nitrogens with zero attached hydrogens (tertiary/aromatic N) is 1.